The van der Waals surface area contributed by atoms with Gasteiger partial charge < -0.3 is 4.74 Å². The average Bonchev–Trinajstić information content (AvgIpc) is 2.71. The molecule has 0 amide bonds. The molecule has 3 heteroatoms. The van der Waals surface area contributed by atoms with E-state index in [-0.39, 0.29) is 0 Å². The van der Waals surface area contributed by atoms with Crippen LogP contribution in [0.25, 0.3) is 0 Å². The lowest BCUT2D eigenvalue weighted by Gasteiger charge is -2.09. The van der Waals surface area contributed by atoms with Crippen molar-refractivity contribution < 1.29 is 4.74 Å². The first kappa shape index (κ1) is 11.1. The van der Waals surface area contributed by atoms with Gasteiger partial charge in [0.15, 0.2) is 0 Å². The first-order valence-electron chi connectivity index (χ1n) is 5.52. The SMILES string of the molecule is Brc1cncc(COCC2CCCC2)c1. The molecule has 2 nitrogen and oxygen atoms in total. The second-order valence-corrected chi connectivity index (χ2v) is 5.09. The van der Waals surface area contributed by atoms with Crippen molar-refractivity contribution in [1.29, 1.82) is 0 Å². The number of halogens is 1. The molecule has 1 aromatic heterocycles. The molecule has 0 radical (unpaired) electrons. The fourth-order valence-electron chi connectivity index (χ4n) is 2.06. The Hall–Kier alpha value is -0.410. The highest BCUT2D eigenvalue weighted by atomic mass is 79.9. The van der Waals surface area contributed by atoms with Crippen LogP contribution in [-0.2, 0) is 11.3 Å². The van der Waals surface area contributed by atoms with E-state index in [9.17, 15) is 0 Å². The molecule has 0 aliphatic heterocycles. The zero-order chi connectivity index (χ0) is 10.5. The summed E-state index contributed by atoms with van der Waals surface area (Å²) in [6.45, 7) is 1.59. The normalized spacial score (nSPS) is 17.1. The van der Waals surface area contributed by atoms with Crippen LogP contribution in [0.3, 0.4) is 0 Å². The third kappa shape index (κ3) is 3.58. The molecule has 1 heterocycles. The standard InChI is InChI=1S/C12H16BrNO/c13-12-5-11(6-14-7-12)9-15-8-10-3-1-2-4-10/h5-7,10H,1-4,8-9H2. The van der Waals surface area contributed by atoms with E-state index in [1.807, 2.05) is 6.20 Å². The second kappa shape index (κ2) is 5.61. The second-order valence-electron chi connectivity index (χ2n) is 4.18. The Bertz CT molecular complexity index is 310. The van der Waals surface area contributed by atoms with Crippen molar-refractivity contribution in [3.05, 3.63) is 28.5 Å². The van der Waals surface area contributed by atoms with Crippen LogP contribution in [-0.4, -0.2) is 11.6 Å². The molecule has 82 valence electrons. The lowest BCUT2D eigenvalue weighted by atomic mass is 10.1. The molecular weight excluding hydrogens is 254 g/mol. The van der Waals surface area contributed by atoms with Crippen molar-refractivity contribution in [3.63, 3.8) is 0 Å². The summed E-state index contributed by atoms with van der Waals surface area (Å²) < 4.78 is 6.72. The zero-order valence-corrected chi connectivity index (χ0v) is 10.4. The van der Waals surface area contributed by atoms with Crippen molar-refractivity contribution in [3.8, 4) is 0 Å². The summed E-state index contributed by atoms with van der Waals surface area (Å²) in [5.41, 5.74) is 1.14. The fraction of sp³-hybridized carbons (Fsp3) is 0.583. The number of hydrogen-bond donors (Lipinski definition) is 0. The molecule has 1 aliphatic rings. The van der Waals surface area contributed by atoms with Gasteiger partial charge in [0.05, 0.1) is 6.61 Å². The number of hydrogen-bond acceptors (Lipinski definition) is 2. The Kier molecular flexibility index (Phi) is 4.15. The molecular formula is C12H16BrNO. The van der Waals surface area contributed by atoms with Crippen LogP contribution in [0.4, 0.5) is 0 Å². The van der Waals surface area contributed by atoms with Gasteiger partial charge in [-0.05, 0) is 46.3 Å². The van der Waals surface area contributed by atoms with E-state index in [1.165, 1.54) is 25.7 Å². The molecule has 0 unspecified atom stereocenters. The minimum Gasteiger partial charge on any atom is -0.376 e. The quantitative estimate of drug-likeness (QED) is 0.834. The molecule has 1 aromatic rings. The van der Waals surface area contributed by atoms with Gasteiger partial charge in [-0.3, -0.25) is 4.98 Å². The Morgan fingerprint density at radius 2 is 2.13 bits per heavy atom. The maximum Gasteiger partial charge on any atom is 0.0732 e. The van der Waals surface area contributed by atoms with Gasteiger partial charge in [-0.2, -0.15) is 0 Å². The number of pyridine rings is 1. The molecule has 1 fully saturated rings. The molecule has 1 saturated carbocycles. The molecule has 0 saturated heterocycles. The van der Waals surface area contributed by atoms with Gasteiger partial charge in [0, 0.05) is 23.5 Å². The zero-order valence-electron chi connectivity index (χ0n) is 8.79. The monoisotopic (exact) mass is 269 g/mol. The van der Waals surface area contributed by atoms with Crippen molar-refractivity contribution in [2.45, 2.75) is 32.3 Å². The average molecular weight is 270 g/mol. The van der Waals surface area contributed by atoms with Gasteiger partial charge in [0.2, 0.25) is 0 Å². The highest BCUT2D eigenvalue weighted by Crippen LogP contribution is 2.25. The topological polar surface area (TPSA) is 22.1 Å². The number of nitrogens with zero attached hydrogens (tertiary/aromatic N) is 1. The van der Waals surface area contributed by atoms with E-state index in [4.69, 9.17) is 4.74 Å². The summed E-state index contributed by atoms with van der Waals surface area (Å²) in [6, 6.07) is 2.06. The predicted molar refractivity (Wildman–Crippen MR) is 63.6 cm³/mol. The predicted octanol–water partition coefficient (Wildman–Crippen LogP) is 3.55. The Labute approximate surface area is 99.2 Å². The summed E-state index contributed by atoms with van der Waals surface area (Å²) in [4.78, 5) is 4.11. The lowest BCUT2D eigenvalue weighted by Crippen LogP contribution is -2.05. The first-order valence-corrected chi connectivity index (χ1v) is 6.31. The van der Waals surface area contributed by atoms with Gasteiger partial charge in [0.25, 0.3) is 0 Å². The molecule has 0 bridgehead atoms. The van der Waals surface area contributed by atoms with Crippen molar-refractivity contribution in [1.82, 2.24) is 4.98 Å². The Morgan fingerprint density at radius 3 is 2.87 bits per heavy atom. The third-order valence-electron chi connectivity index (χ3n) is 2.86. The van der Waals surface area contributed by atoms with E-state index in [2.05, 4.69) is 27.0 Å². The van der Waals surface area contributed by atoms with Crippen LogP contribution in [0.15, 0.2) is 22.9 Å². The fourth-order valence-corrected chi connectivity index (χ4v) is 2.47. The lowest BCUT2D eigenvalue weighted by molar-refractivity contribution is 0.0887. The summed E-state index contributed by atoms with van der Waals surface area (Å²) in [7, 11) is 0. The molecule has 2 rings (SSSR count). The van der Waals surface area contributed by atoms with Gasteiger partial charge in [-0.15, -0.1) is 0 Å². The maximum atomic E-state index is 5.70. The van der Waals surface area contributed by atoms with Crippen molar-refractivity contribution in [2.75, 3.05) is 6.61 Å². The van der Waals surface area contributed by atoms with E-state index in [1.54, 1.807) is 6.20 Å². The Morgan fingerprint density at radius 1 is 1.33 bits per heavy atom. The third-order valence-corrected chi connectivity index (χ3v) is 3.29. The van der Waals surface area contributed by atoms with E-state index in [0.29, 0.717) is 6.61 Å². The highest BCUT2D eigenvalue weighted by molar-refractivity contribution is 9.10. The number of ether oxygens (including phenoxy) is 1. The van der Waals surface area contributed by atoms with E-state index in [0.717, 1.165) is 22.6 Å². The van der Waals surface area contributed by atoms with Gasteiger partial charge in [-0.25, -0.2) is 0 Å². The largest absolute Gasteiger partial charge is 0.376 e. The molecule has 0 atom stereocenters. The van der Waals surface area contributed by atoms with Crippen LogP contribution in [0.2, 0.25) is 0 Å². The molecule has 0 N–H and O–H groups in total. The van der Waals surface area contributed by atoms with Gasteiger partial charge >= 0.3 is 0 Å². The summed E-state index contributed by atoms with van der Waals surface area (Å²) in [5.74, 6) is 0.796. The van der Waals surface area contributed by atoms with Crippen molar-refractivity contribution in [2.24, 2.45) is 5.92 Å². The molecule has 0 spiro atoms. The van der Waals surface area contributed by atoms with E-state index >= 15 is 0 Å². The van der Waals surface area contributed by atoms with Crippen LogP contribution in [0.5, 0.6) is 0 Å². The minimum atomic E-state index is 0.683. The summed E-state index contributed by atoms with van der Waals surface area (Å²) in [5, 5.41) is 0. The Balaban J connectivity index is 1.73. The molecule has 1 aliphatic carbocycles. The van der Waals surface area contributed by atoms with Crippen molar-refractivity contribution >= 4 is 15.9 Å². The van der Waals surface area contributed by atoms with Gasteiger partial charge in [-0.1, -0.05) is 12.8 Å². The van der Waals surface area contributed by atoms with Gasteiger partial charge in [0.1, 0.15) is 0 Å². The van der Waals surface area contributed by atoms with Crippen LogP contribution < -0.4 is 0 Å². The first-order chi connectivity index (χ1) is 7.34. The summed E-state index contributed by atoms with van der Waals surface area (Å²) in [6.07, 6.45) is 9.10. The molecule has 15 heavy (non-hydrogen) atoms. The highest BCUT2D eigenvalue weighted by Gasteiger charge is 2.14. The molecule has 0 aromatic carbocycles. The number of aromatic nitrogens is 1. The minimum absolute atomic E-state index is 0.683. The van der Waals surface area contributed by atoms with E-state index < -0.39 is 0 Å². The van der Waals surface area contributed by atoms with Crippen LogP contribution in [0, 0.1) is 5.92 Å². The maximum absolute atomic E-state index is 5.70. The smallest absolute Gasteiger partial charge is 0.0732 e. The summed E-state index contributed by atoms with van der Waals surface area (Å²) >= 11 is 3.40. The van der Waals surface area contributed by atoms with Crippen LogP contribution in [0.1, 0.15) is 31.2 Å². The number of rotatable bonds is 4. The van der Waals surface area contributed by atoms with Crippen LogP contribution >= 0.6 is 15.9 Å².